The van der Waals surface area contributed by atoms with E-state index in [-0.39, 0.29) is 17.2 Å². The molecule has 23 heavy (non-hydrogen) atoms. The first kappa shape index (κ1) is 17.4. The van der Waals surface area contributed by atoms with Crippen molar-refractivity contribution in [2.45, 2.75) is 0 Å². The minimum Gasteiger partial charge on any atom is -0.383 e. The van der Waals surface area contributed by atoms with Crippen molar-refractivity contribution in [3.8, 4) is 0 Å². The zero-order valence-corrected chi connectivity index (χ0v) is 13.8. The second kappa shape index (κ2) is 8.04. The smallest absolute Gasteiger partial charge is 0.284 e. The monoisotopic (exact) mass is 325 g/mol. The Morgan fingerprint density at radius 2 is 2.00 bits per heavy atom. The zero-order chi connectivity index (χ0) is 16.8. The topological polar surface area (TPSA) is 85.9 Å². The molecule has 0 bridgehead atoms. The molecule has 1 aliphatic rings. The molecule has 0 unspecified atom stereocenters. The van der Waals surface area contributed by atoms with Gasteiger partial charge in [0.15, 0.2) is 0 Å². The zero-order valence-electron chi connectivity index (χ0n) is 13.8. The van der Waals surface area contributed by atoms with Gasteiger partial charge in [0, 0.05) is 46.1 Å². The van der Waals surface area contributed by atoms with E-state index in [0.717, 1.165) is 5.56 Å². The van der Waals surface area contributed by atoms with E-state index in [1.54, 1.807) is 38.3 Å². The minimum atomic E-state index is -0.304. The molecule has 0 aliphatic carbocycles. The van der Waals surface area contributed by atoms with Crippen LogP contribution in [0.25, 0.3) is 5.70 Å². The molecule has 2 heterocycles. The highest BCUT2D eigenvalue weighted by molar-refractivity contribution is 5.65. The lowest BCUT2D eigenvalue weighted by molar-refractivity contribution is -0.429. The molecule has 1 aromatic rings. The van der Waals surface area contributed by atoms with Gasteiger partial charge in [-0.1, -0.05) is 0 Å². The van der Waals surface area contributed by atoms with Gasteiger partial charge in [-0.25, -0.2) is 0 Å². The molecule has 0 spiro atoms. The molecule has 0 saturated carbocycles. The average Bonchev–Trinajstić information content (AvgIpc) is 2.96. The van der Waals surface area contributed by atoms with Gasteiger partial charge in [0.1, 0.15) is 5.70 Å². The van der Waals surface area contributed by atoms with Crippen molar-refractivity contribution in [3.05, 3.63) is 33.8 Å². The summed E-state index contributed by atoms with van der Waals surface area (Å²) < 4.78 is 11.9. The lowest BCUT2D eigenvalue weighted by Gasteiger charge is -2.36. The van der Waals surface area contributed by atoms with Gasteiger partial charge in [-0.15, -0.1) is 0 Å². The fourth-order valence-corrected chi connectivity index (χ4v) is 2.62. The average molecular weight is 325 g/mol. The van der Waals surface area contributed by atoms with Crippen LogP contribution >= 0.6 is 0 Å². The number of aryl methyl sites for hydroxylation is 1. The molecule has 0 amide bonds. The number of hydrogen-bond acceptors (Lipinski definition) is 7. The van der Waals surface area contributed by atoms with E-state index < -0.39 is 0 Å². The number of ether oxygens (including phenoxy) is 2. The first-order chi connectivity index (χ1) is 11.1. The summed E-state index contributed by atoms with van der Waals surface area (Å²) in [6.45, 7) is 3.11. The SMILES string of the molecule is COCCN1CC([N+](=O)[O-])=C(c2cnn(C)c2)N(CCOC)C1. The Kier molecular flexibility index (Phi) is 6.08. The summed E-state index contributed by atoms with van der Waals surface area (Å²) in [5.74, 6) is 0. The first-order valence-electron chi connectivity index (χ1n) is 7.38. The Morgan fingerprint density at radius 3 is 2.57 bits per heavy atom. The van der Waals surface area contributed by atoms with Crippen molar-refractivity contribution in [2.24, 2.45) is 7.05 Å². The van der Waals surface area contributed by atoms with Gasteiger partial charge in [-0.3, -0.25) is 19.7 Å². The first-order valence-corrected chi connectivity index (χ1v) is 7.38. The summed E-state index contributed by atoms with van der Waals surface area (Å²) in [6, 6.07) is 0. The van der Waals surface area contributed by atoms with Crippen molar-refractivity contribution in [1.29, 1.82) is 0 Å². The highest BCUT2D eigenvalue weighted by Gasteiger charge is 2.33. The van der Waals surface area contributed by atoms with Gasteiger partial charge in [-0.05, 0) is 0 Å². The molecule has 2 rings (SSSR count). The summed E-state index contributed by atoms with van der Waals surface area (Å²) in [4.78, 5) is 15.3. The van der Waals surface area contributed by atoms with Crippen LogP contribution in [0.15, 0.2) is 18.1 Å². The van der Waals surface area contributed by atoms with Crippen molar-refractivity contribution >= 4 is 5.70 Å². The Labute approximate surface area is 135 Å². The van der Waals surface area contributed by atoms with Crippen molar-refractivity contribution in [1.82, 2.24) is 19.6 Å². The molecule has 128 valence electrons. The van der Waals surface area contributed by atoms with Crippen LogP contribution in [0.3, 0.4) is 0 Å². The Morgan fingerprint density at radius 1 is 1.30 bits per heavy atom. The van der Waals surface area contributed by atoms with Crippen molar-refractivity contribution in [3.63, 3.8) is 0 Å². The van der Waals surface area contributed by atoms with E-state index in [9.17, 15) is 10.1 Å². The summed E-state index contributed by atoms with van der Waals surface area (Å²) >= 11 is 0. The van der Waals surface area contributed by atoms with Gasteiger partial charge in [-0.2, -0.15) is 5.10 Å². The second-order valence-electron chi connectivity index (χ2n) is 5.40. The number of rotatable bonds is 8. The predicted octanol–water partition coefficient (Wildman–Crippen LogP) is 0.233. The normalized spacial score (nSPS) is 16.2. The van der Waals surface area contributed by atoms with Crippen LogP contribution < -0.4 is 0 Å². The van der Waals surface area contributed by atoms with Crippen LogP contribution in [0.5, 0.6) is 0 Å². The Bertz CT molecular complexity index is 571. The van der Waals surface area contributed by atoms with Crippen LogP contribution in [0.2, 0.25) is 0 Å². The number of nitrogens with zero attached hydrogens (tertiary/aromatic N) is 5. The molecule has 9 nitrogen and oxygen atoms in total. The molecular formula is C14H23N5O4. The predicted molar refractivity (Wildman–Crippen MR) is 84.0 cm³/mol. The summed E-state index contributed by atoms with van der Waals surface area (Å²) in [5, 5.41) is 15.7. The van der Waals surface area contributed by atoms with Gasteiger partial charge in [0.2, 0.25) is 0 Å². The van der Waals surface area contributed by atoms with Gasteiger partial charge in [0.05, 0.1) is 37.5 Å². The highest BCUT2D eigenvalue weighted by atomic mass is 16.6. The third-order valence-corrected chi connectivity index (χ3v) is 3.71. The van der Waals surface area contributed by atoms with Crippen molar-refractivity contribution in [2.75, 3.05) is 53.7 Å². The van der Waals surface area contributed by atoms with E-state index in [0.29, 0.717) is 38.7 Å². The number of hydrogen-bond donors (Lipinski definition) is 0. The third kappa shape index (κ3) is 4.27. The van der Waals surface area contributed by atoms with Gasteiger partial charge in [0.25, 0.3) is 5.70 Å². The molecule has 9 heteroatoms. The molecule has 0 fully saturated rings. The van der Waals surface area contributed by atoms with Crippen molar-refractivity contribution < 1.29 is 14.4 Å². The lowest BCUT2D eigenvalue weighted by Crippen LogP contribution is -2.46. The van der Waals surface area contributed by atoms with Crippen LogP contribution in [0, 0.1) is 10.1 Å². The quantitative estimate of drug-likeness (QED) is 0.499. The molecule has 1 aromatic heterocycles. The molecule has 0 aromatic carbocycles. The fraction of sp³-hybridized carbons (Fsp3) is 0.643. The highest BCUT2D eigenvalue weighted by Crippen LogP contribution is 2.28. The number of nitro groups is 1. The maximum absolute atomic E-state index is 11.6. The molecule has 0 atom stereocenters. The summed E-state index contributed by atoms with van der Waals surface area (Å²) in [6.07, 6.45) is 3.45. The van der Waals surface area contributed by atoms with E-state index >= 15 is 0 Å². The van der Waals surface area contributed by atoms with E-state index in [2.05, 4.69) is 5.10 Å². The van der Waals surface area contributed by atoms with Crippen LogP contribution in [-0.4, -0.2) is 78.2 Å². The van der Waals surface area contributed by atoms with Crippen LogP contribution in [0.1, 0.15) is 5.56 Å². The van der Waals surface area contributed by atoms with Gasteiger partial charge < -0.3 is 14.4 Å². The number of methoxy groups -OCH3 is 2. The summed E-state index contributed by atoms with van der Waals surface area (Å²) in [7, 11) is 5.04. The lowest BCUT2D eigenvalue weighted by atomic mass is 10.1. The van der Waals surface area contributed by atoms with E-state index in [1.165, 1.54) is 0 Å². The Hall–Kier alpha value is -1.97. The van der Waals surface area contributed by atoms with Crippen LogP contribution in [-0.2, 0) is 16.5 Å². The van der Waals surface area contributed by atoms with E-state index in [4.69, 9.17) is 9.47 Å². The molecule has 0 N–H and O–H groups in total. The molecule has 0 saturated heterocycles. The molecule has 0 radical (unpaired) electrons. The third-order valence-electron chi connectivity index (χ3n) is 3.71. The maximum Gasteiger partial charge on any atom is 0.284 e. The minimum absolute atomic E-state index is 0.177. The fourth-order valence-electron chi connectivity index (χ4n) is 2.62. The summed E-state index contributed by atoms with van der Waals surface area (Å²) in [5.41, 5.74) is 1.55. The van der Waals surface area contributed by atoms with E-state index in [1.807, 2.05) is 9.80 Å². The maximum atomic E-state index is 11.6. The molecular weight excluding hydrogens is 302 g/mol. The van der Waals surface area contributed by atoms with Crippen LogP contribution in [0.4, 0.5) is 0 Å². The largest absolute Gasteiger partial charge is 0.383 e. The Balaban J connectivity index is 2.36. The molecule has 1 aliphatic heterocycles. The van der Waals surface area contributed by atoms with Gasteiger partial charge >= 0.3 is 0 Å². The number of aromatic nitrogens is 2. The second-order valence-corrected chi connectivity index (χ2v) is 5.40. The standard InChI is InChI=1S/C14H23N5O4/c1-16-9-12(8-15-16)14-13(19(20)21)10-17(4-6-22-2)11-18(14)5-7-23-3/h8-9H,4-7,10-11H2,1-3H3.